The molecule has 0 aromatic carbocycles. The van der Waals surface area contributed by atoms with E-state index in [9.17, 15) is 9.59 Å². The number of carbonyl (C=O) groups excluding carboxylic acids is 2. The predicted molar refractivity (Wildman–Crippen MR) is 61.2 cm³/mol. The molecule has 90 valence electrons. The van der Waals surface area contributed by atoms with E-state index in [0.29, 0.717) is 25.9 Å². The van der Waals surface area contributed by atoms with E-state index < -0.39 is 5.41 Å². The molecule has 4 nitrogen and oxygen atoms in total. The zero-order valence-corrected chi connectivity index (χ0v) is 9.81. The number of hydrogen-bond acceptors (Lipinski definition) is 4. The Morgan fingerprint density at radius 1 is 1.47 bits per heavy atom. The molecule has 0 spiro atoms. The van der Waals surface area contributed by atoms with Gasteiger partial charge >= 0.3 is 5.97 Å². The number of nitrogens with zero attached hydrogens (tertiary/aromatic N) is 1. The molecule has 1 fully saturated rings. The van der Waals surface area contributed by atoms with Crippen LogP contribution in [0.1, 0.15) is 25.3 Å². The van der Waals surface area contributed by atoms with Gasteiger partial charge in [-0.1, -0.05) is 0 Å². The highest BCUT2D eigenvalue weighted by atomic mass is 16.5. The number of aromatic nitrogens is 1. The average molecular weight is 233 g/mol. The third kappa shape index (κ3) is 2.20. The van der Waals surface area contributed by atoms with Gasteiger partial charge in [0.05, 0.1) is 6.61 Å². The standard InChI is InChI=1S/C13H15NO3/c1-10(15)13(6-9-17-12(13)16)5-2-11-3-7-14-8-4-11/h3-4,7-8H,2,5-6,9H2,1H3. The topological polar surface area (TPSA) is 56.3 Å². The van der Waals surface area contributed by atoms with E-state index in [1.807, 2.05) is 12.1 Å². The van der Waals surface area contributed by atoms with Gasteiger partial charge in [-0.05, 0) is 37.5 Å². The minimum Gasteiger partial charge on any atom is -0.465 e. The summed E-state index contributed by atoms with van der Waals surface area (Å²) in [5, 5.41) is 0. The summed E-state index contributed by atoms with van der Waals surface area (Å²) in [6.45, 7) is 1.83. The molecule has 1 aliphatic rings. The summed E-state index contributed by atoms with van der Waals surface area (Å²) in [4.78, 5) is 27.3. The lowest BCUT2D eigenvalue weighted by molar-refractivity contribution is -0.151. The van der Waals surface area contributed by atoms with Crippen LogP contribution >= 0.6 is 0 Å². The van der Waals surface area contributed by atoms with E-state index in [1.54, 1.807) is 12.4 Å². The fourth-order valence-corrected chi connectivity index (χ4v) is 2.19. The van der Waals surface area contributed by atoms with Crippen molar-refractivity contribution in [2.75, 3.05) is 6.61 Å². The number of hydrogen-bond donors (Lipinski definition) is 0. The third-order valence-corrected chi connectivity index (χ3v) is 3.42. The van der Waals surface area contributed by atoms with Crippen LogP contribution in [0.4, 0.5) is 0 Å². The maximum atomic E-state index is 11.7. The average Bonchev–Trinajstić information content (AvgIpc) is 2.71. The molecule has 0 amide bonds. The molecule has 1 aliphatic heterocycles. The molecule has 2 heterocycles. The minimum absolute atomic E-state index is 0.0888. The first-order valence-corrected chi connectivity index (χ1v) is 5.72. The van der Waals surface area contributed by atoms with E-state index in [0.717, 1.165) is 5.56 Å². The van der Waals surface area contributed by atoms with Gasteiger partial charge in [-0.15, -0.1) is 0 Å². The number of rotatable bonds is 4. The Bertz CT molecular complexity index is 430. The molecule has 17 heavy (non-hydrogen) atoms. The molecule has 1 unspecified atom stereocenters. The van der Waals surface area contributed by atoms with E-state index >= 15 is 0 Å². The summed E-state index contributed by atoms with van der Waals surface area (Å²) in [5.74, 6) is -0.451. The second kappa shape index (κ2) is 4.65. The normalized spacial score (nSPS) is 23.5. The molecule has 0 saturated carbocycles. The number of ketones is 1. The monoisotopic (exact) mass is 233 g/mol. The van der Waals surface area contributed by atoms with Gasteiger partial charge < -0.3 is 4.74 Å². The van der Waals surface area contributed by atoms with Crippen molar-refractivity contribution in [3.8, 4) is 0 Å². The van der Waals surface area contributed by atoms with Crippen molar-refractivity contribution in [2.24, 2.45) is 5.41 Å². The van der Waals surface area contributed by atoms with E-state index in [2.05, 4.69) is 4.98 Å². The maximum Gasteiger partial charge on any atom is 0.319 e. The largest absolute Gasteiger partial charge is 0.465 e. The van der Waals surface area contributed by atoms with E-state index in [1.165, 1.54) is 6.92 Å². The van der Waals surface area contributed by atoms with Gasteiger partial charge in [-0.25, -0.2) is 0 Å². The summed E-state index contributed by atoms with van der Waals surface area (Å²) < 4.78 is 4.95. The molecule has 0 N–H and O–H groups in total. The van der Waals surface area contributed by atoms with Crippen molar-refractivity contribution < 1.29 is 14.3 Å². The van der Waals surface area contributed by atoms with Crippen molar-refractivity contribution in [1.29, 1.82) is 0 Å². The van der Waals surface area contributed by atoms with Crippen molar-refractivity contribution in [1.82, 2.24) is 4.98 Å². The molecule has 4 heteroatoms. The molecule has 0 radical (unpaired) electrons. The molecule has 2 rings (SSSR count). The Hall–Kier alpha value is -1.71. The second-order valence-corrected chi connectivity index (χ2v) is 4.38. The Morgan fingerprint density at radius 2 is 2.18 bits per heavy atom. The van der Waals surface area contributed by atoms with Crippen LogP contribution in [0.2, 0.25) is 0 Å². The van der Waals surface area contributed by atoms with Gasteiger partial charge in [0, 0.05) is 18.8 Å². The Balaban J connectivity index is 2.10. The van der Waals surface area contributed by atoms with E-state index in [4.69, 9.17) is 4.74 Å². The molecule has 0 aliphatic carbocycles. The van der Waals surface area contributed by atoms with Crippen LogP contribution in [0.25, 0.3) is 0 Å². The highest BCUT2D eigenvalue weighted by Crippen LogP contribution is 2.35. The second-order valence-electron chi connectivity index (χ2n) is 4.38. The summed E-state index contributed by atoms with van der Waals surface area (Å²) in [7, 11) is 0. The molecule has 0 bridgehead atoms. The van der Waals surface area contributed by atoms with Gasteiger partial charge in [-0.2, -0.15) is 0 Å². The zero-order chi connectivity index (χ0) is 12.3. The first kappa shape index (κ1) is 11.8. The fraction of sp³-hybridized carbons (Fsp3) is 0.462. The summed E-state index contributed by atoms with van der Waals surface area (Å²) in [6.07, 6.45) is 5.14. The summed E-state index contributed by atoms with van der Waals surface area (Å²) >= 11 is 0. The van der Waals surface area contributed by atoms with Crippen molar-refractivity contribution >= 4 is 11.8 Å². The number of carbonyl (C=O) groups is 2. The minimum atomic E-state index is -0.913. The third-order valence-electron chi connectivity index (χ3n) is 3.42. The van der Waals surface area contributed by atoms with Crippen molar-refractivity contribution in [3.63, 3.8) is 0 Å². The SMILES string of the molecule is CC(=O)C1(CCc2ccncc2)CCOC1=O. The van der Waals surface area contributed by atoms with Gasteiger partial charge in [0.25, 0.3) is 0 Å². The lowest BCUT2D eigenvalue weighted by Gasteiger charge is -2.20. The quantitative estimate of drug-likeness (QED) is 0.584. The maximum absolute atomic E-state index is 11.7. The number of aryl methyl sites for hydroxylation is 1. The highest BCUT2D eigenvalue weighted by molar-refractivity contribution is 6.03. The lowest BCUT2D eigenvalue weighted by Crippen LogP contribution is -2.34. The smallest absolute Gasteiger partial charge is 0.319 e. The molecule has 1 aromatic rings. The molecular weight excluding hydrogens is 218 g/mol. The number of cyclic esters (lactones) is 1. The van der Waals surface area contributed by atoms with Gasteiger partial charge in [0.2, 0.25) is 0 Å². The predicted octanol–water partition coefficient (Wildman–Crippen LogP) is 1.54. The zero-order valence-electron chi connectivity index (χ0n) is 9.81. The van der Waals surface area contributed by atoms with Crippen LogP contribution in [0.5, 0.6) is 0 Å². The van der Waals surface area contributed by atoms with Crippen molar-refractivity contribution in [2.45, 2.75) is 26.2 Å². The van der Waals surface area contributed by atoms with Crippen LogP contribution < -0.4 is 0 Å². The fourth-order valence-electron chi connectivity index (χ4n) is 2.19. The van der Waals surface area contributed by atoms with Crippen LogP contribution in [-0.4, -0.2) is 23.3 Å². The Kier molecular flexibility index (Phi) is 3.22. The summed E-state index contributed by atoms with van der Waals surface area (Å²) in [5.41, 5.74) is 0.170. The van der Waals surface area contributed by atoms with Gasteiger partial charge in [0.1, 0.15) is 11.2 Å². The number of pyridine rings is 1. The molecule has 1 aromatic heterocycles. The van der Waals surface area contributed by atoms with Crippen LogP contribution in [-0.2, 0) is 20.7 Å². The van der Waals surface area contributed by atoms with Gasteiger partial charge in [0.15, 0.2) is 0 Å². The van der Waals surface area contributed by atoms with Crippen LogP contribution in [0.15, 0.2) is 24.5 Å². The first-order valence-electron chi connectivity index (χ1n) is 5.72. The van der Waals surface area contributed by atoms with Gasteiger partial charge in [-0.3, -0.25) is 14.6 Å². The summed E-state index contributed by atoms with van der Waals surface area (Å²) in [6, 6.07) is 3.79. The lowest BCUT2D eigenvalue weighted by atomic mass is 9.77. The molecular formula is C13H15NO3. The van der Waals surface area contributed by atoms with Crippen molar-refractivity contribution in [3.05, 3.63) is 30.1 Å². The Labute approximate surface area is 100 Å². The van der Waals surface area contributed by atoms with E-state index in [-0.39, 0.29) is 11.8 Å². The number of Topliss-reactive ketones (excluding diaryl/α,β-unsaturated/α-hetero) is 1. The van der Waals surface area contributed by atoms with Crippen LogP contribution in [0, 0.1) is 5.41 Å². The van der Waals surface area contributed by atoms with Crippen LogP contribution in [0.3, 0.4) is 0 Å². The molecule has 1 saturated heterocycles. The Morgan fingerprint density at radius 3 is 2.71 bits per heavy atom. The highest BCUT2D eigenvalue weighted by Gasteiger charge is 2.48. The number of ether oxygens (including phenoxy) is 1. The first-order chi connectivity index (χ1) is 8.15. The molecule has 1 atom stereocenters. The number of esters is 1.